The minimum atomic E-state index is -4.60. The third kappa shape index (κ3) is 36.6. The van der Waals surface area contributed by atoms with Crippen LogP contribution in [-0.2, 0) is 18.4 Å². The third-order valence-corrected chi connectivity index (χ3v) is 9.65. The number of quaternary nitrogens is 1. The minimum Gasteiger partial charge on any atom is -0.756 e. The lowest BCUT2D eigenvalue weighted by atomic mass is 10.0. The van der Waals surface area contributed by atoms with Crippen molar-refractivity contribution < 1.29 is 32.9 Å². The molecule has 0 saturated heterocycles. The molecule has 3 atom stereocenters. The zero-order chi connectivity index (χ0) is 38.6. The summed E-state index contributed by atoms with van der Waals surface area (Å²) >= 11 is 0. The number of carbonyl (C=O) groups is 1. The van der Waals surface area contributed by atoms with E-state index in [9.17, 15) is 19.4 Å². The molecule has 3 unspecified atom stereocenters. The van der Waals surface area contributed by atoms with Gasteiger partial charge in [-0.1, -0.05) is 145 Å². The number of hydrogen-bond acceptors (Lipinski definition) is 6. The molecule has 0 spiro atoms. The Kier molecular flexibility index (Phi) is 33.7. The molecule has 302 valence electrons. The van der Waals surface area contributed by atoms with E-state index in [0.717, 1.165) is 57.8 Å². The van der Waals surface area contributed by atoms with Gasteiger partial charge in [0.2, 0.25) is 5.91 Å². The zero-order valence-corrected chi connectivity index (χ0v) is 34.9. The first kappa shape index (κ1) is 50.2. The van der Waals surface area contributed by atoms with Gasteiger partial charge in [0.1, 0.15) is 13.2 Å². The number of allylic oxidation sites excluding steroid dienone is 9. The monoisotopic (exact) mass is 751 g/mol. The van der Waals surface area contributed by atoms with Crippen LogP contribution in [-0.4, -0.2) is 68.5 Å². The van der Waals surface area contributed by atoms with Crippen molar-refractivity contribution in [2.75, 3.05) is 40.9 Å². The largest absolute Gasteiger partial charge is 0.756 e. The fourth-order valence-corrected chi connectivity index (χ4v) is 6.08. The second-order valence-corrected chi connectivity index (χ2v) is 16.4. The number of hydrogen-bond donors (Lipinski definition) is 2. The van der Waals surface area contributed by atoms with Gasteiger partial charge in [-0.15, -0.1) is 0 Å². The van der Waals surface area contributed by atoms with E-state index in [0.29, 0.717) is 17.4 Å². The number of aliphatic hydroxyl groups is 1. The molecular formula is C43H79N2O6P. The molecule has 0 aliphatic carbocycles. The number of phosphoric ester groups is 1. The van der Waals surface area contributed by atoms with Crippen molar-refractivity contribution in [1.29, 1.82) is 0 Å². The summed E-state index contributed by atoms with van der Waals surface area (Å²) in [6.07, 6.45) is 44.1. The van der Waals surface area contributed by atoms with Gasteiger partial charge >= 0.3 is 0 Å². The van der Waals surface area contributed by atoms with Gasteiger partial charge in [-0.2, -0.15) is 0 Å². The van der Waals surface area contributed by atoms with Crippen LogP contribution in [0.3, 0.4) is 0 Å². The van der Waals surface area contributed by atoms with E-state index in [2.05, 4.69) is 67.8 Å². The first-order valence-corrected chi connectivity index (χ1v) is 22.1. The average molecular weight is 751 g/mol. The molecular weight excluding hydrogens is 671 g/mol. The maximum atomic E-state index is 12.8. The molecule has 0 radical (unpaired) electrons. The summed E-state index contributed by atoms with van der Waals surface area (Å²) in [4.78, 5) is 25.2. The van der Waals surface area contributed by atoms with Crippen molar-refractivity contribution in [3.8, 4) is 0 Å². The molecule has 1 amide bonds. The number of aliphatic hydroxyl groups excluding tert-OH is 1. The Labute approximate surface area is 320 Å². The molecule has 0 fully saturated rings. The minimum absolute atomic E-state index is 0.0122. The zero-order valence-electron chi connectivity index (χ0n) is 34.0. The second-order valence-electron chi connectivity index (χ2n) is 15.0. The molecule has 0 heterocycles. The summed E-state index contributed by atoms with van der Waals surface area (Å²) in [6.45, 7) is 4.48. The SMILES string of the molecule is CCC/C=C/CC/C=C/CC/C=C/C(O)C(COP(=O)([O-])OCC[N+](C)(C)C)NC(=O)CCCCCCCCCCCC/C=C\C=C/CCCCC. The predicted octanol–water partition coefficient (Wildman–Crippen LogP) is 10.4. The Bertz CT molecular complexity index is 1030. The van der Waals surface area contributed by atoms with Gasteiger partial charge < -0.3 is 28.8 Å². The van der Waals surface area contributed by atoms with Crippen molar-refractivity contribution in [3.63, 3.8) is 0 Å². The van der Waals surface area contributed by atoms with E-state index in [1.165, 1.54) is 77.0 Å². The number of phosphoric acid groups is 1. The van der Waals surface area contributed by atoms with E-state index >= 15 is 0 Å². The van der Waals surface area contributed by atoms with Crippen molar-refractivity contribution in [2.45, 2.75) is 167 Å². The lowest BCUT2D eigenvalue weighted by Crippen LogP contribution is -2.45. The van der Waals surface area contributed by atoms with E-state index in [4.69, 9.17) is 9.05 Å². The highest BCUT2D eigenvalue weighted by Gasteiger charge is 2.23. The fraction of sp³-hybridized carbons (Fsp3) is 0.744. The van der Waals surface area contributed by atoms with Crippen molar-refractivity contribution in [3.05, 3.63) is 60.8 Å². The molecule has 2 N–H and O–H groups in total. The summed E-state index contributed by atoms with van der Waals surface area (Å²) in [5, 5.41) is 13.7. The Hall–Kier alpha value is -1.80. The van der Waals surface area contributed by atoms with Gasteiger partial charge in [-0.05, 0) is 64.2 Å². The number of amides is 1. The van der Waals surface area contributed by atoms with Crippen LogP contribution in [0, 0.1) is 0 Å². The highest BCUT2D eigenvalue weighted by molar-refractivity contribution is 7.45. The van der Waals surface area contributed by atoms with Gasteiger partial charge in [0, 0.05) is 6.42 Å². The van der Waals surface area contributed by atoms with Gasteiger partial charge in [-0.25, -0.2) is 0 Å². The highest BCUT2D eigenvalue weighted by Crippen LogP contribution is 2.38. The average Bonchev–Trinajstić information content (AvgIpc) is 3.09. The number of rotatable bonds is 36. The Morgan fingerprint density at radius 1 is 0.673 bits per heavy atom. The lowest BCUT2D eigenvalue weighted by Gasteiger charge is -2.29. The molecule has 0 aromatic rings. The number of likely N-dealkylation sites (N-methyl/N-ethyl adjacent to an activating group) is 1. The van der Waals surface area contributed by atoms with Crippen LogP contribution in [0.2, 0.25) is 0 Å². The van der Waals surface area contributed by atoms with E-state index in [1.807, 2.05) is 27.2 Å². The summed E-state index contributed by atoms with van der Waals surface area (Å²) < 4.78 is 23.1. The van der Waals surface area contributed by atoms with Crippen LogP contribution in [0.4, 0.5) is 0 Å². The summed E-state index contributed by atoms with van der Waals surface area (Å²) in [6, 6.07) is -0.911. The predicted molar refractivity (Wildman–Crippen MR) is 219 cm³/mol. The van der Waals surface area contributed by atoms with Crippen LogP contribution in [0.5, 0.6) is 0 Å². The van der Waals surface area contributed by atoms with Crippen LogP contribution in [0.15, 0.2) is 60.8 Å². The summed E-state index contributed by atoms with van der Waals surface area (Å²) in [5.74, 6) is -0.221. The normalized spacial score (nSPS) is 15.1. The maximum absolute atomic E-state index is 12.8. The second kappa shape index (κ2) is 34.9. The van der Waals surface area contributed by atoms with E-state index in [1.54, 1.807) is 6.08 Å². The molecule has 0 aliphatic heterocycles. The van der Waals surface area contributed by atoms with Crippen LogP contribution < -0.4 is 10.2 Å². The third-order valence-electron chi connectivity index (χ3n) is 8.69. The Morgan fingerprint density at radius 3 is 1.71 bits per heavy atom. The first-order valence-electron chi connectivity index (χ1n) is 20.7. The van der Waals surface area contributed by atoms with Crippen molar-refractivity contribution in [2.24, 2.45) is 0 Å². The number of unbranched alkanes of at least 4 members (excludes halogenated alkanes) is 16. The molecule has 52 heavy (non-hydrogen) atoms. The molecule has 0 saturated carbocycles. The smallest absolute Gasteiger partial charge is 0.268 e. The number of nitrogens with zero attached hydrogens (tertiary/aromatic N) is 1. The van der Waals surface area contributed by atoms with Crippen LogP contribution in [0.1, 0.15) is 155 Å². The fourth-order valence-electron chi connectivity index (χ4n) is 5.36. The van der Waals surface area contributed by atoms with Gasteiger partial charge in [0.25, 0.3) is 7.82 Å². The summed E-state index contributed by atoms with van der Waals surface area (Å²) in [5.41, 5.74) is 0. The van der Waals surface area contributed by atoms with E-state index in [-0.39, 0.29) is 12.5 Å². The molecule has 0 aromatic heterocycles. The molecule has 0 bridgehead atoms. The number of carbonyl (C=O) groups excluding carboxylic acids is 1. The van der Waals surface area contributed by atoms with E-state index < -0.39 is 26.6 Å². The molecule has 9 heteroatoms. The van der Waals surface area contributed by atoms with Gasteiger partial charge in [0.15, 0.2) is 0 Å². The maximum Gasteiger partial charge on any atom is 0.268 e. The van der Waals surface area contributed by atoms with Crippen LogP contribution in [0.25, 0.3) is 0 Å². The highest BCUT2D eigenvalue weighted by atomic mass is 31.2. The molecule has 0 aliphatic rings. The molecule has 0 rings (SSSR count). The Balaban J connectivity index is 4.45. The lowest BCUT2D eigenvalue weighted by molar-refractivity contribution is -0.870. The number of nitrogens with one attached hydrogen (secondary N) is 1. The van der Waals surface area contributed by atoms with Crippen molar-refractivity contribution >= 4 is 13.7 Å². The summed E-state index contributed by atoms with van der Waals surface area (Å²) in [7, 11) is 1.22. The van der Waals surface area contributed by atoms with Gasteiger partial charge in [-0.3, -0.25) is 9.36 Å². The van der Waals surface area contributed by atoms with Crippen LogP contribution >= 0.6 is 7.82 Å². The van der Waals surface area contributed by atoms with Gasteiger partial charge in [0.05, 0.1) is 39.9 Å². The quantitative estimate of drug-likeness (QED) is 0.0217. The first-order chi connectivity index (χ1) is 25.0. The standard InChI is InChI=1S/C43H79N2O6P/c1-6-8-10-12-14-16-18-19-20-21-22-23-24-25-27-29-31-33-35-37-43(47)44-41(40-51-52(48,49)50-39-38-45(3,4)5)42(46)36-34-32-30-28-26-17-15-13-11-9-7-2/h11,13-14,16,18-19,26,28,34,36,41-42,46H,6-10,12,15,17,20-25,27,29-33,35,37-40H2,1-5H3,(H-,44,47,48,49)/b13-11+,16-14-,19-18-,28-26+,36-34+. The molecule has 8 nitrogen and oxygen atoms in total. The molecule has 0 aromatic carbocycles. The topological polar surface area (TPSA) is 108 Å². The van der Waals surface area contributed by atoms with Crippen molar-refractivity contribution in [1.82, 2.24) is 5.32 Å². The Morgan fingerprint density at radius 2 is 1.17 bits per heavy atom.